The summed E-state index contributed by atoms with van der Waals surface area (Å²) < 4.78 is 7.24. The van der Waals surface area contributed by atoms with Crippen molar-refractivity contribution in [3.63, 3.8) is 0 Å². The summed E-state index contributed by atoms with van der Waals surface area (Å²) in [7, 11) is 1.68. The molecule has 0 aliphatic carbocycles. The quantitative estimate of drug-likeness (QED) is 0.766. The van der Waals surface area contributed by atoms with E-state index >= 15 is 0 Å². The molecule has 1 aromatic heterocycles. The van der Waals surface area contributed by atoms with Crippen molar-refractivity contribution in [3.8, 4) is 0 Å². The van der Waals surface area contributed by atoms with Crippen molar-refractivity contribution in [2.45, 2.75) is 13.2 Å². The second kappa shape index (κ2) is 5.68. The van der Waals surface area contributed by atoms with Gasteiger partial charge in [-0.25, -0.2) is 4.98 Å². The zero-order chi connectivity index (χ0) is 10.7. The standard InChI is InChI=1S/C12H14N2O.ClH/c1-3-8-14-11-7-5-4-6-10(11)13-12(14)9-15-2;/h3-7H,1,8-9H2,2H3;1H. The Bertz CT molecular complexity index is 479. The summed E-state index contributed by atoms with van der Waals surface area (Å²) >= 11 is 0. The molecule has 0 amide bonds. The van der Waals surface area contributed by atoms with Crippen LogP contribution in [0.5, 0.6) is 0 Å². The molecule has 2 rings (SSSR count). The van der Waals surface area contributed by atoms with Gasteiger partial charge in [0.25, 0.3) is 0 Å². The summed E-state index contributed by atoms with van der Waals surface area (Å²) in [5, 5.41) is 0. The Balaban J connectivity index is 0.00000128. The van der Waals surface area contributed by atoms with Crippen molar-refractivity contribution < 1.29 is 4.74 Å². The number of benzene rings is 1. The van der Waals surface area contributed by atoms with E-state index in [9.17, 15) is 0 Å². The Hall–Kier alpha value is -1.32. The zero-order valence-electron chi connectivity index (χ0n) is 9.22. The van der Waals surface area contributed by atoms with Crippen LogP contribution in [-0.4, -0.2) is 16.7 Å². The smallest absolute Gasteiger partial charge is 0.136 e. The number of aromatic nitrogens is 2. The Morgan fingerprint density at radius 2 is 2.19 bits per heavy atom. The Labute approximate surface area is 101 Å². The van der Waals surface area contributed by atoms with Crippen molar-refractivity contribution in [2.75, 3.05) is 7.11 Å². The third-order valence-electron chi connectivity index (χ3n) is 2.32. The average Bonchev–Trinajstić information content (AvgIpc) is 2.59. The third-order valence-corrected chi connectivity index (χ3v) is 2.32. The van der Waals surface area contributed by atoms with Gasteiger partial charge in [0.1, 0.15) is 12.4 Å². The molecule has 0 fully saturated rings. The lowest BCUT2D eigenvalue weighted by atomic mass is 10.3. The lowest BCUT2D eigenvalue weighted by Gasteiger charge is -2.04. The van der Waals surface area contributed by atoms with Crippen molar-refractivity contribution in [2.24, 2.45) is 0 Å². The van der Waals surface area contributed by atoms with E-state index in [2.05, 4.69) is 22.2 Å². The first-order valence-corrected chi connectivity index (χ1v) is 4.90. The first-order valence-electron chi connectivity index (χ1n) is 4.90. The number of halogens is 1. The number of rotatable bonds is 4. The van der Waals surface area contributed by atoms with Gasteiger partial charge in [-0.2, -0.15) is 0 Å². The van der Waals surface area contributed by atoms with Gasteiger partial charge in [0.2, 0.25) is 0 Å². The fraction of sp³-hybridized carbons (Fsp3) is 0.250. The van der Waals surface area contributed by atoms with Gasteiger partial charge in [0.05, 0.1) is 11.0 Å². The average molecular weight is 239 g/mol. The van der Waals surface area contributed by atoms with Crippen molar-refractivity contribution in [3.05, 3.63) is 42.7 Å². The maximum Gasteiger partial charge on any atom is 0.136 e. The van der Waals surface area contributed by atoms with Crippen LogP contribution in [0.2, 0.25) is 0 Å². The van der Waals surface area contributed by atoms with Crippen molar-refractivity contribution >= 4 is 23.4 Å². The van der Waals surface area contributed by atoms with Crippen LogP contribution in [0.1, 0.15) is 5.82 Å². The van der Waals surface area contributed by atoms with Crippen molar-refractivity contribution in [1.82, 2.24) is 9.55 Å². The Morgan fingerprint density at radius 3 is 2.88 bits per heavy atom. The Kier molecular flexibility index (Phi) is 4.52. The molecule has 0 spiro atoms. The zero-order valence-corrected chi connectivity index (χ0v) is 10.0. The number of ether oxygens (including phenoxy) is 1. The van der Waals surface area contributed by atoms with Gasteiger partial charge >= 0.3 is 0 Å². The molecule has 0 bridgehead atoms. The number of para-hydroxylation sites is 2. The molecule has 0 radical (unpaired) electrons. The van der Waals surface area contributed by atoms with E-state index in [1.165, 1.54) is 0 Å². The fourth-order valence-corrected chi connectivity index (χ4v) is 1.70. The largest absolute Gasteiger partial charge is 0.377 e. The molecule has 16 heavy (non-hydrogen) atoms. The molecule has 4 heteroatoms. The summed E-state index contributed by atoms with van der Waals surface area (Å²) in [6, 6.07) is 8.07. The highest BCUT2D eigenvalue weighted by atomic mass is 35.5. The topological polar surface area (TPSA) is 27.1 Å². The van der Waals surface area contributed by atoms with E-state index in [1.807, 2.05) is 24.3 Å². The molecule has 0 atom stereocenters. The van der Waals surface area contributed by atoms with Crippen molar-refractivity contribution in [1.29, 1.82) is 0 Å². The van der Waals surface area contributed by atoms with Gasteiger partial charge < -0.3 is 9.30 Å². The SMILES string of the molecule is C=CCn1c(COC)nc2ccccc21.Cl. The molecule has 0 aliphatic rings. The monoisotopic (exact) mass is 238 g/mol. The Morgan fingerprint density at radius 1 is 1.44 bits per heavy atom. The number of imidazole rings is 1. The van der Waals surface area contributed by atoms with Gasteiger partial charge in [-0.3, -0.25) is 0 Å². The van der Waals surface area contributed by atoms with Crippen LogP contribution in [0.4, 0.5) is 0 Å². The molecule has 86 valence electrons. The van der Waals surface area contributed by atoms with Crippen LogP contribution in [0, 0.1) is 0 Å². The van der Waals surface area contributed by atoms with E-state index in [0.717, 1.165) is 23.4 Å². The highest BCUT2D eigenvalue weighted by Gasteiger charge is 2.07. The number of hydrogen-bond donors (Lipinski definition) is 0. The maximum absolute atomic E-state index is 5.13. The van der Waals surface area contributed by atoms with E-state index < -0.39 is 0 Å². The minimum Gasteiger partial charge on any atom is -0.377 e. The molecule has 1 aromatic carbocycles. The van der Waals surface area contributed by atoms with Crippen LogP contribution in [0.25, 0.3) is 11.0 Å². The molecule has 0 N–H and O–H groups in total. The van der Waals surface area contributed by atoms with Gasteiger partial charge in [-0.1, -0.05) is 18.2 Å². The molecule has 1 heterocycles. The van der Waals surface area contributed by atoms with E-state index in [0.29, 0.717) is 6.61 Å². The lowest BCUT2D eigenvalue weighted by Crippen LogP contribution is -2.03. The molecule has 0 saturated carbocycles. The minimum atomic E-state index is 0. The first kappa shape index (κ1) is 12.7. The first-order chi connectivity index (χ1) is 7.36. The molecular weight excluding hydrogens is 224 g/mol. The summed E-state index contributed by atoms with van der Waals surface area (Å²) in [5.74, 6) is 0.943. The van der Waals surface area contributed by atoms with Gasteiger partial charge in [0.15, 0.2) is 0 Å². The minimum absolute atomic E-state index is 0. The molecule has 2 aromatic rings. The number of allylic oxidation sites excluding steroid dienone is 1. The van der Waals surface area contributed by atoms with Gasteiger partial charge in [-0.15, -0.1) is 19.0 Å². The predicted octanol–water partition coefficient (Wildman–Crippen LogP) is 2.79. The summed E-state index contributed by atoms with van der Waals surface area (Å²) in [6.07, 6.45) is 1.87. The van der Waals surface area contributed by atoms with Crippen LogP contribution in [0.15, 0.2) is 36.9 Å². The molecule has 0 unspecified atom stereocenters. The molecular formula is C12H15ClN2O. The summed E-state index contributed by atoms with van der Waals surface area (Å²) in [4.78, 5) is 4.51. The van der Waals surface area contributed by atoms with E-state index in [4.69, 9.17) is 4.74 Å². The molecule has 3 nitrogen and oxygen atoms in total. The number of nitrogens with zero attached hydrogens (tertiary/aromatic N) is 2. The highest BCUT2D eigenvalue weighted by molar-refractivity contribution is 5.85. The fourth-order valence-electron chi connectivity index (χ4n) is 1.70. The summed E-state index contributed by atoms with van der Waals surface area (Å²) in [5.41, 5.74) is 2.14. The molecule has 0 aliphatic heterocycles. The van der Waals surface area contributed by atoms with Crippen LogP contribution in [-0.2, 0) is 17.9 Å². The van der Waals surface area contributed by atoms with Crippen LogP contribution < -0.4 is 0 Å². The van der Waals surface area contributed by atoms with E-state index in [-0.39, 0.29) is 12.4 Å². The number of methoxy groups -OCH3 is 1. The molecule has 0 saturated heterocycles. The summed E-state index contributed by atoms with van der Waals surface area (Å²) in [6.45, 7) is 5.05. The maximum atomic E-state index is 5.13. The highest BCUT2D eigenvalue weighted by Crippen LogP contribution is 2.16. The second-order valence-corrected chi connectivity index (χ2v) is 3.35. The second-order valence-electron chi connectivity index (χ2n) is 3.35. The normalized spacial score (nSPS) is 10.1. The van der Waals surface area contributed by atoms with Gasteiger partial charge in [0, 0.05) is 13.7 Å². The van der Waals surface area contributed by atoms with Gasteiger partial charge in [-0.05, 0) is 12.1 Å². The van der Waals surface area contributed by atoms with E-state index in [1.54, 1.807) is 7.11 Å². The van der Waals surface area contributed by atoms with Crippen LogP contribution >= 0.6 is 12.4 Å². The number of hydrogen-bond acceptors (Lipinski definition) is 2. The third kappa shape index (κ3) is 2.26. The predicted molar refractivity (Wildman–Crippen MR) is 67.9 cm³/mol. The lowest BCUT2D eigenvalue weighted by molar-refractivity contribution is 0.175. The number of fused-ring (bicyclic) bond motifs is 1. The van der Waals surface area contributed by atoms with Crippen LogP contribution in [0.3, 0.4) is 0 Å².